The van der Waals surface area contributed by atoms with Crippen molar-refractivity contribution >= 4 is 23.3 Å². The van der Waals surface area contributed by atoms with Gasteiger partial charge < -0.3 is 20.7 Å². The number of nitrogens with one attached hydrogen (secondary N) is 3. The zero-order valence-electron chi connectivity index (χ0n) is 21.1. The summed E-state index contributed by atoms with van der Waals surface area (Å²) in [6.45, 7) is 12.0. The van der Waals surface area contributed by atoms with Crippen LogP contribution < -0.4 is 20.7 Å². The normalized spacial score (nSPS) is 10.6. The minimum atomic E-state index is 0.495. The minimum Gasteiger partial charge on any atom is -0.462 e. The number of aromatic nitrogens is 2. The van der Waals surface area contributed by atoms with E-state index in [9.17, 15) is 5.26 Å². The second-order valence-corrected chi connectivity index (χ2v) is 7.04. The lowest BCUT2D eigenvalue weighted by Gasteiger charge is -2.11. The molecule has 0 atom stereocenters. The van der Waals surface area contributed by atoms with Gasteiger partial charge >= 0.3 is 0 Å². The molecule has 0 fully saturated rings. The smallest absolute Gasteiger partial charge is 0.206 e. The molecule has 0 saturated carbocycles. The predicted molar refractivity (Wildman–Crippen MR) is 143 cm³/mol. The molecule has 0 spiro atoms. The van der Waals surface area contributed by atoms with Gasteiger partial charge in [-0.15, -0.1) is 13.2 Å². The third-order valence-corrected chi connectivity index (χ3v) is 4.75. The van der Waals surface area contributed by atoms with Crippen molar-refractivity contribution in [2.45, 2.75) is 27.2 Å². The Labute approximate surface area is 207 Å². The maximum atomic E-state index is 9.56. The van der Waals surface area contributed by atoms with Crippen molar-refractivity contribution in [1.82, 2.24) is 14.9 Å². The molecule has 2 heterocycles. The van der Waals surface area contributed by atoms with Crippen LogP contribution in [0.3, 0.4) is 0 Å². The van der Waals surface area contributed by atoms with E-state index >= 15 is 0 Å². The van der Waals surface area contributed by atoms with E-state index in [1.807, 2.05) is 69.6 Å². The lowest BCUT2D eigenvalue weighted by atomic mass is 10.1. The number of rotatable bonds is 8. The fourth-order valence-electron chi connectivity index (χ4n) is 3.07. The molecule has 35 heavy (non-hydrogen) atoms. The highest BCUT2D eigenvalue weighted by molar-refractivity contribution is 5.85. The van der Waals surface area contributed by atoms with Crippen molar-refractivity contribution in [2.75, 3.05) is 24.7 Å². The quantitative estimate of drug-likeness (QED) is 0.175. The van der Waals surface area contributed by atoms with E-state index in [1.165, 1.54) is 0 Å². The van der Waals surface area contributed by atoms with Crippen LogP contribution in [-0.2, 0) is 4.79 Å². The number of carbonyl (C=O) groups excluding carboxylic acids is 1. The number of anilines is 2. The zero-order valence-corrected chi connectivity index (χ0v) is 21.1. The molecule has 0 bridgehead atoms. The summed E-state index contributed by atoms with van der Waals surface area (Å²) in [7, 11) is 3.43. The number of nitriles is 1. The van der Waals surface area contributed by atoms with Crippen LogP contribution in [0.25, 0.3) is 5.52 Å². The summed E-state index contributed by atoms with van der Waals surface area (Å²) in [6, 6.07) is 11.9. The molecular weight excluding hydrogens is 440 g/mol. The minimum absolute atomic E-state index is 0.495. The number of aryl methyl sites for hydroxylation is 1. The number of nitrogens with zero attached hydrogens (tertiary/aromatic N) is 3. The highest BCUT2D eigenvalue weighted by Gasteiger charge is 2.15. The van der Waals surface area contributed by atoms with Gasteiger partial charge in [-0.1, -0.05) is 25.1 Å². The Morgan fingerprint density at radius 1 is 1.23 bits per heavy atom. The largest absolute Gasteiger partial charge is 0.462 e. The van der Waals surface area contributed by atoms with Crippen molar-refractivity contribution < 1.29 is 9.53 Å². The summed E-state index contributed by atoms with van der Waals surface area (Å²) in [5, 5.41) is 22.7. The van der Waals surface area contributed by atoms with Gasteiger partial charge in [0.15, 0.2) is 0 Å². The monoisotopic (exact) mass is 474 g/mol. The van der Waals surface area contributed by atoms with E-state index < -0.39 is 0 Å². The molecular formula is C27H34N6O2. The lowest BCUT2D eigenvalue weighted by Crippen LogP contribution is -2.03. The molecule has 0 aliphatic carbocycles. The molecule has 184 valence electrons. The van der Waals surface area contributed by atoms with Crippen molar-refractivity contribution in [1.29, 1.82) is 5.26 Å². The zero-order chi connectivity index (χ0) is 26.2. The first-order chi connectivity index (χ1) is 17.0. The van der Waals surface area contributed by atoms with Gasteiger partial charge in [0, 0.05) is 31.8 Å². The van der Waals surface area contributed by atoms with Crippen molar-refractivity contribution in [3.05, 3.63) is 90.6 Å². The molecule has 3 aromatic rings. The fourth-order valence-corrected chi connectivity index (χ4v) is 3.07. The average molecular weight is 475 g/mol. The van der Waals surface area contributed by atoms with E-state index in [1.54, 1.807) is 17.8 Å². The van der Waals surface area contributed by atoms with Gasteiger partial charge in [-0.2, -0.15) is 10.4 Å². The number of benzene rings is 1. The first kappa shape index (κ1) is 28.5. The number of fused-ring (bicyclic) bond motifs is 1. The number of hydrogen-bond donors (Lipinski definition) is 3. The third-order valence-electron chi connectivity index (χ3n) is 4.75. The molecule has 0 saturated heterocycles. The van der Waals surface area contributed by atoms with Crippen LogP contribution in [0.2, 0.25) is 0 Å². The van der Waals surface area contributed by atoms with Crippen LogP contribution in [0.1, 0.15) is 31.4 Å². The Morgan fingerprint density at radius 2 is 1.89 bits per heavy atom. The molecule has 0 aliphatic rings. The van der Waals surface area contributed by atoms with Crippen molar-refractivity contribution in [3.8, 4) is 11.8 Å². The first-order valence-electron chi connectivity index (χ1n) is 11.1. The highest BCUT2D eigenvalue weighted by atomic mass is 16.5. The van der Waals surface area contributed by atoms with Crippen LogP contribution >= 0.6 is 0 Å². The maximum absolute atomic E-state index is 9.56. The molecule has 3 rings (SSSR count). The summed E-state index contributed by atoms with van der Waals surface area (Å²) in [4.78, 5) is 9.06. The van der Waals surface area contributed by atoms with Crippen molar-refractivity contribution in [3.63, 3.8) is 0 Å². The standard InChI is InChI=1S/C23H25N5O.C2H5NO.C2H4/c1-5-19(29-20-9-7-6-8-10-20)12-11-16(2)27-22-18(13-24)14-26-28-15-21(25-4)17(3)23(22)28;1-3-2-4;1-2/h6-12,14-15,25,27H,5H2,1-4H3;2H,1H3,(H,3,4);1-2H2/b16-11+,19-12+;;. The van der Waals surface area contributed by atoms with E-state index in [-0.39, 0.29) is 0 Å². The van der Waals surface area contributed by atoms with Gasteiger partial charge in [0.2, 0.25) is 6.41 Å². The topological polar surface area (TPSA) is 103 Å². The second-order valence-electron chi connectivity index (χ2n) is 7.04. The Kier molecular flexibility index (Phi) is 12.5. The molecule has 0 radical (unpaired) electrons. The average Bonchev–Trinajstić information content (AvgIpc) is 3.24. The Morgan fingerprint density at radius 3 is 2.43 bits per heavy atom. The van der Waals surface area contributed by atoms with E-state index in [2.05, 4.69) is 47.2 Å². The molecule has 8 nitrogen and oxygen atoms in total. The predicted octanol–water partition coefficient (Wildman–Crippen LogP) is 5.41. The number of hydrogen-bond acceptors (Lipinski definition) is 6. The van der Waals surface area contributed by atoms with Crippen LogP contribution in [0, 0.1) is 18.3 Å². The lowest BCUT2D eigenvalue weighted by molar-refractivity contribution is -0.109. The van der Waals surface area contributed by atoms with Gasteiger partial charge in [0.25, 0.3) is 0 Å². The Bertz CT molecular complexity index is 1190. The number of carbonyl (C=O) groups is 1. The summed E-state index contributed by atoms with van der Waals surface area (Å²) in [5.74, 6) is 1.67. The molecule has 3 N–H and O–H groups in total. The molecule has 1 aromatic carbocycles. The van der Waals surface area contributed by atoms with Crippen LogP contribution in [0.5, 0.6) is 5.75 Å². The summed E-state index contributed by atoms with van der Waals surface area (Å²) in [5.41, 5.74) is 5.01. The van der Waals surface area contributed by atoms with Gasteiger partial charge in [-0.05, 0) is 38.1 Å². The maximum Gasteiger partial charge on any atom is 0.206 e. The summed E-state index contributed by atoms with van der Waals surface area (Å²) < 4.78 is 7.71. The Balaban J connectivity index is 0.000000926. The van der Waals surface area contributed by atoms with Crippen LogP contribution in [0.15, 0.2) is 79.5 Å². The highest BCUT2D eigenvalue weighted by Crippen LogP contribution is 2.30. The molecule has 2 aromatic heterocycles. The summed E-state index contributed by atoms with van der Waals surface area (Å²) in [6.07, 6.45) is 8.79. The van der Waals surface area contributed by atoms with Gasteiger partial charge in [-0.25, -0.2) is 4.52 Å². The van der Waals surface area contributed by atoms with Gasteiger partial charge in [-0.3, -0.25) is 4.79 Å². The third kappa shape index (κ3) is 8.09. The molecule has 0 aliphatic heterocycles. The first-order valence-corrected chi connectivity index (χ1v) is 11.1. The van der Waals surface area contributed by atoms with Gasteiger partial charge in [0.05, 0.1) is 34.8 Å². The second kappa shape index (κ2) is 15.3. The summed E-state index contributed by atoms with van der Waals surface area (Å²) >= 11 is 0. The van der Waals surface area contributed by atoms with Gasteiger partial charge in [0.1, 0.15) is 17.6 Å². The van der Waals surface area contributed by atoms with Crippen LogP contribution in [0.4, 0.5) is 11.4 Å². The molecule has 1 amide bonds. The Hall–Kier alpha value is -4.51. The number of ether oxygens (including phenoxy) is 1. The van der Waals surface area contributed by atoms with E-state index in [0.29, 0.717) is 12.0 Å². The number of amides is 1. The molecule has 0 unspecified atom stereocenters. The number of allylic oxidation sites excluding steroid dienone is 4. The fraction of sp³-hybridized carbons (Fsp3) is 0.222. The SMILES string of the molecule is C=C.CC/C(=C\C=C(/C)Nc1c(C#N)cnn2cc(NC)c(C)c12)Oc1ccccc1.CNC=O. The molecule has 8 heteroatoms. The van der Waals surface area contributed by atoms with E-state index in [0.717, 1.165) is 46.1 Å². The van der Waals surface area contributed by atoms with Crippen molar-refractivity contribution in [2.24, 2.45) is 0 Å². The number of para-hydroxylation sites is 1. The van der Waals surface area contributed by atoms with Crippen LogP contribution in [-0.4, -0.2) is 30.1 Å². The van der Waals surface area contributed by atoms with E-state index in [4.69, 9.17) is 9.53 Å².